The lowest BCUT2D eigenvalue weighted by Gasteiger charge is -2.23. The molecular weight excluding hydrogens is 386 g/mol. The van der Waals surface area contributed by atoms with Crippen LogP contribution in [0.15, 0.2) is 71.8 Å². The van der Waals surface area contributed by atoms with Crippen molar-refractivity contribution in [2.24, 2.45) is 0 Å². The number of aromatic nitrogens is 5. The number of aromatic amines is 1. The Morgan fingerprint density at radius 2 is 1.71 bits per heavy atom. The van der Waals surface area contributed by atoms with Gasteiger partial charge in [-0.15, -0.1) is 0 Å². The normalized spacial score (nSPS) is 14.9. The van der Waals surface area contributed by atoms with Crippen molar-refractivity contribution >= 4 is 28.5 Å². The molecular formula is C25H19N5O. The monoisotopic (exact) mass is 405 g/mol. The molecule has 0 saturated heterocycles. The third kappa shape index (κ3) is 2.87. The van der Waals surface area contributed by atoms with Crippen LogP contribution in [0.4, 0.5) is 0 Å². The van der Waals surface area contributed by atoms with Crippen LogP contribution < -0.4 is 5.56 Å². The number of nitrogens with one attached hydrogen (secondary N) is 1. The van der Waals surface area contributed by atoms with Crippen LogP contribution in [-0.2, 0) is 6.42 Å². The average Bonchev–Trinajstić information content (AvgIpc) is 3.28. The molecule has 150 valence electrons. The molecule has 0 radical (unpaired) electrons. The van der Waals surface area contributed by atoms with Gasteiger partial charge >= 0.3 is 0 Å². The molecule has 2 aromatic carbocycles. The maximum Gasteiger partial charge on any atom is 0.270 e. The van der Waals surface area contributed by atoms with Gasteiger partial charge in [-0.3, -0.25) is 4.79 Å². The van der Waals surface area contributed by atoms with Gasteiger partial charge in [0.1, 0.15) is 6.33 Å². The minimum Gasteiger partial charge on any atom is -0.268 e. The van der Waals surface area contributed by atoms with Crippen molar-refractivity contribution < 1.29 is 0 Å². The Bertz CT molecular complexity index is 1510. The molecule has 0 unspecified atom stereocenters. The molecule has 3 aromatic heterocycles. The lowest BCUT2D eigenvalue weighted by atomic mass is 9.84. The van der Waals surface area contributed by atoms with Crippen molar-refractivity contribution in [3.05, 3.63) is 94.2 Å². The number of pyridine rings is 1. The van der Waals surface area contributed by atoms with E-state index in [9.17, 15) is 4.79 Å². The molecule has 6 rings (SSSR count). The molecule has 3 heterocycles. The summed E-state index contributed by atoms with van der Waals surface area (Å²) in [6.07, 6.45) is 6.51. The molecule has 6 nitrogen and oxygen atoms in total. The van der Waals surface area contributed by atoms with Crippen LogP contribution in [0.25, 0.3) is 39.6 Å². The fourth-order valence-electron chi connectivity index (χ4n) is 4.49. The van der Waals surface area contributed by atoms with Crippen molar-refractivity contribution in [2.75, 3.05) is 0 Å². The molecule has 6 heteroatoms. The van der Waals surface area contributed by atoms with E-state index in [0.29, 0.717) is 16.8 Å². The van der Waals surface area contributed by atoms with Gasteiger partial charge < -0.3 is 0 Å². The number of rotatable bonds is 2. The van der Waals surface area contributed by atoms with Gasteiger partial charge in [0.2, 0.25) is 5.78 Å². The Labute approximate surface area is 177 Å². The smallest absolute Gasteiger partial charge is 0.268 e. The highest BCUT2D eigenvalue weighted by Gasteiger charge is 2.25. The highest BCUT2D eigenvalue weighted by molar-refractivity contribution is 5.98. The first-order valence-electron chi connectivity index (χ1n) is 10.4. The fraction of sp³-hybridized carbons (Fsp3) is 0.120. The zero-order valence-corrected chi connectivity index (χ0v) is 16.7. The highest BCUT2D eigenvalue weighted by atomic mass is 16.1. The van der Waals surface area contributed by atoms with E-state index >= 15 is 0 Å². The van der Waals surface area contributed by atoms with Crippen molar-refractivity contribution in [3.8, 4) is 11.1 Å². The van der Waals surface area contributed by atoms with Gasteiger partial charge in [-0.25, -0.2) is 14.5 Å². The Hall–Kier alpha value is -4.06. The summed E-state index contributed by atoms with van der Waals surface area (Å²) in [5.41, 5.74) is 6.63. The average molecular weight is 405 g/mol. The second-order valence-electron chi connectivity index (χ2n) is 7.78. The summed E-state index contributed by atoms with van der Waals surface area (Å²) in [6, 6.07) is 20.4. The van der Waals surface area contributed by atoms with Gasteiger partial charge in [0.15, 0.2) is 5.65 Å². The third-order valence-electron chi connectivity index (χ3n) is 5.87. The predicted molar refractivity (Wildman–Crippen MR) is 122 cm³/mol. The summed E-state index contributed by atoms with van der Waals surface area (Å²) in [7, 11) is 0. The molecule has 5 aromatic rings. The van der Waals surface area contributed by atoms with Gasteiger partial charge in [0, 0.05) is 5.56 Å². The van der Waals surface area contributed by atoms with E-state index in [2.05, 4.69) is 33.4 Å². The topological polar surface area (TPSA) is 75.9 Å². The van der Waals surface area contributed by atoms with E-state index in [1.54, 1.807) is 0 Å². The number of allylic oxidation sites excluding steroid dienone is 1. The Kier molecular flexibility index (Phi) is 4.02. The number of hydrogen-bond donors (Lipinski definition) is 1. The predicted octanol–water partition coefficient (Wildman–Crippen LogP) is 4.51. The minimum absolute atomic E-state index is 0.151. The molecule has 0 atom stereocenters. The number of nitrogens with zero attached hydrogens (tertiary/aromatic N) is 4. The van der Waals surface area contributed by atoms with Crippen molar-refractivity contribution in [2.45, 2.75) is 19.3 Å². The molecule has 31 heavy (non-hydrogen) atoms. The lowest BCUT2D eigenvalue weighted by molar-refractivity contribution is 0.815. The van der Waals surface area contributed by atoms with Crippen molar-refractivity contribution in [1.82, 2.24) is 24.6 Å². The van der Waals surface area contributed by atoms with Crippen LogP contribution in [0.1, 0.15) is 29.7 Å². The quantitative estimate of drug-likeness (QED) is 0.469. The summed E-state index contributed by atoms with van der Waals surface area (Å²) in [5, 5.41) is 7.33. The van der Waals surface area contributed by atoms with Gasteiger partial charge in [-0.2, -0.15) is 10.1 Å². The van der Waals surface area contributed by atoms with E-state index in [1.165, 1.54) is 16.3 Å². The highest BCUT2D eigenvalue weighted by Crippen LogP contribution is 2.39. The number of fused-ring (bicyclic) bond motifs is 3. The van der Waals surface area contributed by atoms with E-state index in [0.717, 1.165) is 47.2 Å². The van der Waals surface area contributed by atoms with E-state index in [1.807, 2.05) is 48.5 Å². The number of hydrogen-bond acceptors (Lipinski definition) is 4. The fourth-order valence-corrected chi connectivity index (χ4v) is 4.49. The molecule has 1 N–H and O–H groups in total. The second-order valence-corrected chi connectivity index (χ2v) is 7.78. The van der Waals surface area contributed by atoms with E-state index < -0.39 is 0 Å². The maximum atomic E-state index is 13.4. The standard InChI is InChI=1S/C25H19N5O/c31-24-21-20(17-10-5-2-6-11-17)19-13-7-12-18(14-16-8-3-1-4-9-16)22(19)27-23(21)28-25-29-26-15-30(24)25/h1-6,8-11,14-15H,7,12-13H2,(H,27,28,29)/b18-14-. The molecule has 1 aliphatic carbocycles. The van der Waals surface area contributed by atoms with Gasteiger partial charge in [0.25, 0.3) is 5.56 Å². The molecule has 0 aliphatic heterocycles. The number of H-pyrrole nitrogens is 1. The third-order valence-corrected chi connectivity index (χ3v) is 5.87. The summed E-state index contributed by atoms with van der Waals surface area (Å²) in [4.78, 5) is 23.0. The van der Waals surface area contributed by atoms with Gasteiger partial charge in [-0.05, 0) is 47.6 Å². The van der Waals surface area contributed by atoms with Crippen LogP contribution in [0.2, 0.25) is 0 Å². The minimum atomic E-state index is -0.151. The van der Waals surface area contributed by atoms with Gasteiger partial charge in [-0.1, -0.05) is 60.7 Å². The van der Waals surface area contributed by atoms with Crippen LogP contribution in [-0.4, -0.2) is 24.6 Å². The van der Waals surface area contributed by atoms with Crippen LogP contribution >= 0.6 is 0 Å². The first-order chi connectivity index (χ1) is 15.3. The molecule has 1 aliphatic rings. The summed E-state index contributed by atoms with van der Waals surface area (Å²) >= 11 is 0. The first kappa shape index (κ1) is 17.8. The largest absolute Gasteiger partial charge is 0.270 e. The Balaban J connectivity index is 1.73. The summed E-state index contributed by atoms with van der Waals surface area (Å²) in [6.45, 7) is 0. The van der Waals surface area contributed by atoms with E-state index in [-0.39, 0.29) is 5.56 Å². The summed E-state index contributed by atoms with van der Waals surface area (Å²) < 4.78 is 1.45. The zero-order valence-electron chi connectivity index (χ0n) is 16.7. The van der Waals surface area contributed by atoms with Crippen LogP contribution in [0.5, 0.6) is 0 Å². The molecule has 0 bridgehead atoms. The Morgan fingerprint density at radius 3 is 2.52 bits per heavy atom. The van der Waals surface area contributed by atoms with Crippen molar-refractivity contribution in [1.29, 1.82) is 0 Å². The zero-order chi connectivity index (χ0) is 20.8. The van der Waals surface area contributed by atoms with E-state index in [4.69, 9.17) is 4.98 Å². The molecule has 0 fully saturated rings. The van der Waals surface area contributed by atoms with Crippen LogP contribution in [0.3, 0.4) is 0 Å². The van der Waals surface area contributed by atoms with Gasteiger partial charge in [0.05, 0.1) is 11.1 Å². The lowest BCUT2D eigenvalue weighted by Crippen LogP contribution is -2.18. The molecule has 0 saturated carbocycles. The van der Waals surface area contributed by atoms with Crippen molar-refractivity contribution in [3.63, 3.8) is 0 Å². The Morgan fingerprint density at radius 1 is 0.935 bits per heavy atom. The maximum absolute atomic E-state index is 13.4. The first-order valence-corrected chi connectivity index (χ1v) is 10.4. The van der Waals surface area contributed by atoms with Crippen LogP contribution in [0, 0.1) is 0 Å². The second kappa shape index (κ2) is 7.02. The molecule has 0 amide bonds. The molecule has 0 spiro atoms. The SMILES string of the molecule is O=c1c2c(-c3ccccc3)c3c(nc2nc2[nH]ncn12)/C(=C\c1ccccc1)CCC3. The number of benzene rings is 2. The summed E-state index contributed by atoms with van der Waals surface area (Å²) in [5.74, 6) is 0.397.